The number of benzene rings is 1. The number of rotatable bonds is 12. The highest BCUT2D eigenvalue weighted by molar-refractivity contribution is 7.70. The molecular weight excluding hydrogens is 437 g/mol. The van der Waals surface area contributed by atoms with E-state index in [9.17, 15) is 0 Å². The first-order valence-electron chi connectivity index (χ1n) is 11.5. The molecule has 1 aromatic rings. The first kappa shape index (κ1) is 27.5. The van der Waals surface area contributed by atoms with Crippen LogP contribution in [0.5, 0.6) is 5.75 Å². The van der Waals surface area contributed by atoms with Crippen LogP contribution in [0.2, 0.25) is 16.6 Å². The van der Waals surface area contributed by atoms with Gasteiger partial charge in [-0.2, -0.15) is 0 Å². The van der Waals surface area contributed by atoms with Crippen LogP contribution in [0.3, 0.4) is 0 Å². The Morgan fingerprint density at radius 3 is 2.16 bits per heavy atom. The van der Waals surface area contributed by atoms with E-state index in [-0.39, 0.29) is 18.3 Å². The third kappa shape index (κ3) is 6.86. The highest BCUT2D eigenvalue weighted by Crippen LogP contribution is 2.42. The van der Waals surface area contributed by atoms with Crippen molar-refractivity contribution in [3.63, 3.8) is 0 Å². The normalized spacial score (nSPS) is 21.3. The van der Waals surface area contributed by atoms with Crippen LogP contribution in [0.15, 0.2) is 36.6 Å². The summed E-state index contributed by atoms with van der Waals surface area (Å²) in [6.07, 6.45) is 2.60. The Labute approximate surface area is 199 Å². The minimum atomic E-state index is -2.04. The van der Waals surface area contributed by atoms with E-state index < -0.39 is 14.8 Å². The molecule has 1 aliphatic heterocycles. The fourth-order valence-electron chi connectivity index (χ4n) is 4.90. The zero-order valence-corrected chi connectivity index (χ0v) is 22.8. The molecule has 0 aliphatic carbocycles. The van der Waals surface area contributed by atoms with Crippen molar-refractivity contribution in [2.24, 2.45) is 0 Å². The third-order valence-corrected chi connectivity index (χ3v) is 12.6. The summed E-state index contributed by atoms with van der Waals surface area (Å²) >= 11 is 0. The molecule has 0 spiro atoms. The van der Waals surface area contributed by atoms with Crippen LogP contribution in [0.4, 0.5) is 0 Å². The van der Waals surface area contributed by atoms with Crippen molar-refractivity contribution < 1.29 is 23.3 Å². The van der Waals surface area contributed by atoms with Crippen LogP contribution in [-0.2, 0) is 25.2 Å². The maximum absolute atomic E-state index is 6.81. The first-order chi connectivity index (χ1) is 15.1. The predicted molar refractivity (Wildman–Crippen MR) is 139 cm³/mol. The average Bonchev–Trinajstić information content (AvgIpc) is 2.72. The van der Waals surface area contributed by atoms with Crippen LogP contribution < -0.4 is 4.74 Å². The lowest BCUT2D eigenvalue weighted by molar-refractivity contribution is -0.113. The summed E-state index contributed by atoms with van der Waals surface area (Å²) in [5, 5.41) is 0. The Bertz CT molecular complexity index is 693. The second-order valence-corrected chi connectivity index (χ2v) is 15.4. The maximum atomic E-state index is 6.81. The maximum Gasteiger partial charge on any atom is 0.258 e. The molecule has 0 bridgehead atoms. The van der Waals surface area contributed by atoms with Crippen molar-refractivity contribution in [2.45, 2.75) is 83.1 Å². The molecule has 0 amide bonds. The van der Waals surface area contributed by atoms with Gasteiger partial charge in [0.1, 0.15) is 18.0 Å². The van der Waals surface area contributed by atoms with Crippen molar-refractivity contribution in [3.8, 4) is 5.75 Å². The minimum Gasteiger partial charge on any atom is -0.497 e. The quantitative estimate of drug-likeness (QED) is 0.311. The van der Waals surface area contributed by atoms with Crippen LogP contribution in [0.25, 0.3) is 0 Å². The summed E-state index contributed by atoms with van der Waals surface area (Å²) in [5.41, 5.74) is 2.53. The molecule has 176 valence electrons. The van der Waals surface area contributed by atoms with Gasteiger partial charge in [0.05, 0.1) is 40.4 Å². The summed E-state index contributed by atoms with van der Waals surface area (Å²) in [5.74, 6) is 0.816. The van der Waals surface area contributed by atoms with Crippen molar-refractivity contribution in [2.75, 3.05) is 13.7 Å². The lowest BCUT2D eigenvalue weighted by Crippen LogP contribution is -2.53. The van der Waals surface area contributed by atoms with E-state index in [1.165, 1.54) is 0 Å². The van der Waals surface area contributed by atoms with E-state index in [2.05, 4.69) is 50.7 Å². The van der Waals surface area contributed by atoms with E-state index in [0.29, 0.717) is 29.8 Å². The van der Waals surface area contributed by atoms with Crippen LogP contribution in [-0.4, -0.2) is 54.6 Å². The third-order valence-electron chi connectivity index (χ3n) is 6.33. The van der Waals surface area contributed by atoms with E-state index in [1.807, 2.05) is 30.3 Å². The van der Waals surface area contributed by atoms with Crippen LogP contribution >= 0.6 is 9.12 Å². The van der Waals surface area contributed by atoms with Gasteiger partial charge in [0.25, 0.3) is 6.53 Å². The fraction of sp³-hybridized carbons (Fsp3) is 0.652. The van der Waals surface area contributed by atoms with Crippen molar-refractivity contribution in [3.05, 3.63) is 42.2 Å². The molecule has 1 heterocycles. The Kier molecular flexibility index (Phi) is 10.8. The van der Waals surface area contributed by atoms with Crippen LogP contribution in [0, 0.1) is 0 Å². The zero-order chi connectivity index (χ0) is 23.9. The van der Waals surface area contributed by atoms with Gasteiger partial charge in [-0.15, -0.1) is 9.12 Å². The molecule has 4 unspecified atom stereocenters. The molecule has 0 aromatic heterocycles. The number of hydrogen-bond acceptors (Lipinski definition) is 5. The number of hydrogen-bond donors (Lipinski definition) is 0. The predicted octanol–water partition coefficient (Wildman–Crippen LogP) is 5.10. The highest BCUT2D eigenvalue weighted by Gasteiger charge is 2.46. The molecule has 1 aliphatic rings. The largest absolute Gasteiger partial charge is 0.497 e. The first-order valence-corrected chi connectivity index (χ1v) is 14.3. The lowest BCUT2D eigenvalue weighted by atomic mass is 9.69. The second kappa shape index (κ2) is 12.6. The Morgan fingerprint density at radius 2 is 1.66 bits per heavy atom. The van der Waals surface area contributed by atoms with Gasteiger partial charge >= 0.3 is 0 Å². The van der Waals surface area contributed by atoms with Gasteiger partial charge in [0.2, 0.25) is 8.32 Å². The molecular formula is C23H39B2O5PSi. The van der Waals surface area contributed by atoms with Gasteiger partial charge in [-0.05, 0) is 40.4 Å². The summed E-state index contributed by atoms with van der Waals surface area (Å²) < 4.78 is 30.3. The molecule has 0 saturated heterocycles. The van der Waals surface area contributed by atoms with Crippen molar-refractivity contribution in [1.82, 2.24) is 0 Å². The number of methoxy groups -OCH3 is 1. The van der Waals surface area contributed by atoms with Gasteiger partial charge in [0.15, 0.2) is 0 Å². The monoisotopic (exact) mass is 476 g/mol. The molecule has 32 heavy (non-hydrogen) atoms. The summed E-state index contributed by atoms with van der Waals surface area (Å²) in [6, 6.07) is 7.85. The average molecular weight is 476 g/mol. The van der Waals surface area contributed by atoms with Gasteiger partial charge in [-0.25, -0.2) is 0 Å². The zero-order valence-electron chi connectivity index (χ0n) is 20.6. The molecule has 0 N–H and O–H groups in total. The van der Waals surface area contributed by atoms with Gasteiger partial charge in [-0.1, -0.05) is 53.7 Å². The molecule has 4 atom stereocenters. The molecule has 2 rings (SSSR count). The molecule has 9 heteroatoms. The summed E-state index contributed by atoms with van der Waals surface area (Å²) in [4.78, 5) is 0. The molecule has 0 fully saturated rings. The standard InChI is InChI=1S/C23H39B2O5PSi/c1-16(2)32(17(3)4,18(5)6)29-15-22-23(21(12-13-27-22)30-25(24)31)28-14-19-8-10-20(26-7)11-9-19/h8-13,16-18,21-23H,14-15,31H2,1-7H3. The van der Waals surface area contributed by atoms with Crippen LogP contribution in [0.1, 0.15) is 47.1 Å². The summed E-state index contributed by atoms with van der Waals surface area (Å²) in [6.45, 7) is 14.1. The Hall–Kier alpha value is -0.783. The molecule has 2 radical (unpaired) electrons. The molecule has 1 aromatic carbocycles. The number of ether oxygens (including phenoxy) is 3. The lowest BCUT2D eigenvalue weighted by Gasteiger charge is -2.44. The van der Waals surface area contributed by atoms with E-state index in [0.717, 1.165) is 11.3 Å². The van der Waals surface area contributed by atoms with Crippen molar-refractivity contribution >= 4 is 31.7 Å². The van der Waals surface area contributed by atoms with E-state index in [4.69, 9.17) is 31.0 Å². The van der Waals surface area contributed by atoms with E-state index in [1.54, 1.807) is 13.4 Å². The fourth-order valence-corrected chi connectivity index (χ4v) is 10.5. The van der Waals surface area contributed by atoms with Gasteiger partial charge in [-0.3, -0.25) is 0 Å². The van der Waals surface area contributed by atoms with Gasteiger partial charge in [0, 0.05) is 0 Å². The SMILES string of the molecule is [B]B(P)OC1C=COC(CO[Si](C(C)C)(C(C)C)C(C)C)C1OCc1ccc(OC)cc1. The molecule has 0 saturated carbocycles. The van der Waals surface area contributed by atoms with Crippen molar-refractivity contribution in [1.29, 1.82) is 0 Å². The smallest absolute Gasteiger partial charge is 0.258 e. The summed E-state index contributed by atoms with van der Waals surface area (Å²) in [7, 11) is 8.00. The minimum absolute atomic E-state index is 0.282. The second-order valence-electron chi connectivity index (χ2n) is 9.32. The van der Waals surface area contributed by atoms with Gasteiger partial charge < -0.3 is 23.3 Å². The molecule has 5 nitrogen and oxygen atoms in total. The highest BCUT2D eigenvalue weighted by atomic mass is 31.0. The topological polar surface area (TPSA) is 46.2 Å². The Balaban J connectivity index is 2.18. The Morgan fingerprint density at radius 1 is 1.06 bits per heavy atom. The van der Waals surface area contributed by atoms with E-state index >= 15 is 0 Å².